The smallest absolute Gasteiger partial charge is 0.270 e. The number of carbonyl (C=O) groups excluding carboxylic acids is 1. The predicted octanol–water partition coefficient (Wildman–Crippen LogP) is 2.30. The summed E-state index contributed by atoms with van der Waals surface area (Å²) in [4.78, 5) is 15.7. The number of aromatic nitrogens is 1. The Hall–Kier alpha value is -1.98. The molecule has 1 amide bonds. The molecule has 4 nitrogen and oxygen atoms in total. The first-order valence-corrected chi connectivity index (χ1v) is 6.27. The Morgan fingerprint density at radius 2 is 2.15 bits per heavy atom. The molecule has 2 rings (SSSR count). The van der Waals surface area contributed by atoms with Gasteiger partial charge in [-0.15, -0.1) is 0 Å². The van der Waals surface area contributed by atoms with Crippen LogP contribution in [-0.2, 0) is 13.2 Å². The number of hydrogen-bond acceptors (Lipinski definition) is 3. The molecule has 0 fully saturated rings. The Morgan fingerprint density at radius 1 is 1.35 bits per heavy atom. The van der Waals surface area contributed by atoms with Crippen molar-refractivity contribution in [3.05, 3.63) is 64.2 Å². The first-order chi connectivity index (χ1) is 9.60. The first-order valence-electron chi connectivity index (χ1n) is 5.89. The number of nitrogens with one attached hydrogen (secondary N) is 1. The minimum Gasteiger partial charge on any atom is -0.392 e. The van der Waals surface area contributed by atoms with E-state index in [1.807, 2.05) is 0 Å². The SMILES string of the molecule is O=C(NCc1ccc(F)c(CO)c1)c1cccc(Cl)n1. The van der Waals surface area contributed by atoms with Crippen LogP contribution in [0.3, 0.4) is 0 Å². The molecule has 2 N–H and O–H groups in total. The molecule has 1 aromatic carbocycles. The van der Waals surface area contributed by atoms with Gasteiger partial charge in [0.1, 0.15) is 16.7 Å². The van der Waals surface area contributed by atoms with Crippen LogP contribution in [0.5, 0.6) is 0 Å². The summed E-state index contributed by atoms with van der Waals surface area (Å²) >= 11 is 5.70. The Labute approximate surface area is 120 Å². The first kappa shape index (κ1) is 14.4. The quantitative estimate of drug-likeness (QED) is 0.851. The lowest BCUT2D eigenvalue weighted by molar-refractivity contribution is 0.0946. The van der Waals surface area contributed by atoms with Crippen molar-refractivity contribution in [2.24, 2.45) is 0 Å². The van der Waals surface area contributed by atoms with Crippen LogP contribution < -0.4 is 5.32 Å². The van der Waals surface area contributed by atoms with Crippen molar-refractivity contribution in [2.45, 2.75) is 13.2 Å². The average Bonchev–Trinajstić information content (AvgIpc) is 2.46. The zero-order valence-corrected chi connectivity index (χ0v) is 11.2. The second kappa shape index (κ2) is 6.45. The lowest BCUT2D eigenvalue weighted by Gasteiger charge is -2.07. The normalized spacial score (nSPS) is 10.3. The van der Waals surface area contributed by atoms with Crippen LogP contribution in [0.4, 0.5) is 4.39 Å². The number of nitrogens with zero attached hydrogens (tertiary/aromatic N) is 1. The second-order valence-electron chi connectivity index (χ2n) is 4.11. The number of aliphatic hydroxyl groups excluding tert-OH is 1. The monoisotopic (exact) mass is 294 g/mol. The van der Waals surface area contributed by atoms with E-state index in [4.69, 9.17) is 16.7 Å². The van der Waals surface area contributed by atoms with Gasteiger partial charge >= 0.3 is 0 Å². The zero-order chi connectivity index (χ0) is 14.5. The molecule has 0 aliphatic carbocycles. The molecule has 0 bridgehead atoms. The molecule has 0 unspecified atom stereocenters. The van der Waals surface area contributed by atoms with Crippen molar-refractivity contribution in [3.63, 3.8) is 0 Å². The standard InChI is InChI=1S/C14H12ClFN2O2/c15-13-3-1-2-12(18-13)14(20)17-7-9-4-5-11(16)10(6-9)8-19/h1-6,19H,7-8H2,(H,17,20). The van der Waals surface area contributed by atoms with Crippen molar-refractivity contribution < 1.29 is 14.3 Å². The molecule has 2 aromatic rings. The third-order valence-corrected chi connectivity index (χ3v) is 2.89. The van der Waals surface area contributed by atoms with Gasteiger partial charge in [0.2, 0.25) is 0 Å². The summed E-state index contributed by atoms with van der Waals surface area (Å²) in [5.74, 6) is -0.846. The molecule has 20 heavy (non-hydrogen) atoms. The van der Waals surface area contributed by atoms with E-state index >= 15 is 0 Å². The molecule has 1 aromatic heterocycles. The fraction of sp³-hybridized carbons (Fsp3) is 0.143. The maximum Gasteiger partial charge on any atom is 0.270 e. The molecular formula is C14H12ClFN2O2. The number of amides is 1. The number of benzene rings is 1. The Morgan fingerprint density at radius 3 is 2.85 bits per heavy atom. The second-order valence-corrected chi connectivity index (χ2v) is 4.50. The van der Waals surface area contributed by atoms with E-state index in [0.29, 0.717) is 5.56 Å². The molecule has 0 saturated carbocycles. The van der Waals surface area contributed by atoms with Crippen molar-refractivity contribution in [1.29, 1.82) is 0 Å². The van der Waals surface area contributed by atoms with E-state index in [1.165, 1.54) is 12.1 Å². The van der Waals surface area contributed by atoms with Crippen LogP contribution in [0.1, 0.15) is 21.6 Å². The fourth-order valence-electron chi connectivity index (χ4n) is 1.67. The van der Waals surface area contributed by atoms with Crippen LogP contribution in [0.15, 0.2) is 36.4 Å². The van der Waals surface area contributed by atoms with Crippen molar-refractivity contribution in [2.75, 3.05) is 0 Å². The fourth-order valence-corrected chi connectivity index (χ4v) is 1.83. The van der Waals surface area contributed by atoms with Crippen LogP contribution in [-0.4, -0.2) is 16.0 Å². The van der Waals surface area contributed by atoms with Gasteiger partial charge in [0.25, 0.3) is 5.91 Å². The lowest BCUT2D eigenvalue weighted by atomic mass is 10.1. The molecule has 0 aliphatic rings. The van der Waals surface area contributed by atoms with Gasteiger partial charge in [0.05, 0.1) is 6.61 Å². The van der Waals surface area contributed by atoms with Gasteiger partial charge < -0.3 is 10.4 Å². The number of hydrogen-bond donors (Lipinski definition) is 2. The maximum absolute atomic E-state index is 13.2. The Bertz CT molecular complexity index is 634. The van der Waals surface area contributed by atoms with E-state index in [1.54, 1.807) is 24.3 Å². The summed E-state index contributed by atoms with van der Waals surface area (Å²) in [6.07, 6.45) is 0. The van der Waals surface area contributed by atoms with Gasteiger partial charge in [0, 0.05) is 12.1 Å². The Kier molecular flexibility index (Phi) is 4.65. The summed E-state index contributed by atoms with van der Waals surface area (Å²) in [5, 5.41) is 11.9. The largest absolute Gasteiger partial charge is 0.392 e. The average molecular weight is 295 g/mol. The number of pyridine rings is 1. The molecule has 0 radical (unpaired) electrons. The number of aliphatic hydroxyl groups is 1. The highest BCUT2D eigenvalue weighted by Gasteiger charge is 2.08. The van der Waals surface area contributed by atoms with E-state index < -0.39 is 5.82 Å². The van der Waals surface area contributed by atoms with E-state index in [0.717, 1.165) is 0 Å². The van der Waals surface area contributed by atoms with Gasteiger partial charge in [-0.2, -0.15) is 0 Å². The zero-order valence-electron chi connectivity index (χ0n) is 10.4. The summed E-state index contributed by atoms with van der Waals surface area (Å²) in [7, 11) is 0. The van der Waals surface area contributed by atoms with Crippen molar-refractivity contribution >= 4 is 17.5 Å². The molecule has 1 heterocycles. The van der Waals surface area contributed by atoms with E-state index in [2.05, 4.69) is 10.3 Å². The summed E-state index contributed by atoms with van der Waals surface area (Å²) in [5.41, 5.74) is 1.09. The molecule has 0 saturated heterocycles. The predicted molar refractivity (Wildman–Crippen MR) is 72.7 cm³/mol. The third kappa shape index (κ3) is 3.53. The molecule has 0 aliphatic heterocycles. The Balaban J connectivity index is 2.03. The van der Waals surface area contributed by atoms with Gasteiger partial charge in [-0.05, 0) is 29.8 Å². The van der Waals surface area contributed by atoms with Gasteiger partial charge in [-0.3, -0.25) is 4.79 Å². The van der Waals surface area contributed by atoms with Crippen molar-refractivity contribution in [1.82, 2.24) is 10.3 Å². The van der Waals surface area contributed by atoms with Crippen molar-refractivity contribution in [3.8, 4) is 0 Å². The number of rotatable bonds is 4. The maximum atomic E-state index is 13.2. The highest BCUT2D eigenvalue weighted by molar-refractivity contribution is 6.29. The van der Waals surface area contributed by atoms with Crippen LogP contribution in [0.25, 0.3) is 0 Å². The van der Waals surface area contributed by atoms with Gasteiger partial charge in [0.15, 0.2) is 0 Å². The molecule has 0 atom stereocenters. The number of carbonyl (C=O) groups is 1. The van der Waals surface area contributed by atoms with Crippen LogP contribution in [0.2, 0.25) is 5.15 Å². The molecule has 104 valence electrons. The van der Waals surface area contributed by atoms with Gasteiger partial charge in [-0.25, -0.2) is 9.37 Å². The topological polar surface area (TPSA) is 62.2 Å². The van der Waals surface area contributed by atoms with Gasteiger partial charge in [-0.1, -0.05) is 23.7 Å². The molecule has 0 spiro atoms. The highest BCUT2D eigenvalue weighted by atomic mass is 35.5. The lowest BCUT2D eigenvalue weighted by Crippen LogP contribution is -2.23. The third-order valence-electron chi connectivity index (χ3n) is 2.68. The minimum atomic E-state index is -0.473. The number of halogens is 2. The summed E-state index contributed by atoms with van der Waals surface area (Å²) in [6.45, 7) is -0.177. The molecule has 6 heteroatoms. The van der Waals surface area contributed by atoms with E-state index in [-0.39, 0.29) is 35.5 Å². The summed E-state index contributed by atoms with van der Waals surface area (Å²) < 4.78 is 13.2. The van der Waals surface area contributed by atoms with Crippen LogP contribution >= 0.6 is 11.6 Å². The van der Waals surface area contributed by atoms with Crippen LogP contribution in [0, 0.1) is 5.82 Å². The summed E-state index contributed by atoms with van der Waals surface area (Å²) in [6, 6.07) is 9.05. The van der Waals surface area contributed by atoms with E-state index in [9.17, 15) is 9.18 Å². The molecular weight excluding hydrogens is 283 g/mol. The minimum absolute atomic E-state index is 0.192. The highest BCUT2D eigenvalue weighted by Crippen LogP contribution is 2.11.